The first-order valence-corrected chi connectivity index (χ1v) is 9.78. The maximum Gasteiger partial charge on any atom is 0.433 e. The van der Waals surface area contributed by atoms with Crippen molar-refractivity contribution in [3.8, 4) is 5.88 Å². The third-order valence-electron chi connectivity index (χ3n) is 5.16. The molecule has 0 amide bonds. The third kappa shape index (κ3) is 5.24. The lowest BCUT2D eigenvalue weighted by molar-refractivity contribution is -0.141. The number of aromatic nitrogens is 3. The zero-order valence-corrected chi connectivity index (χ0v) is 16.6. The SMILES string of the molecule is Cc1ncc(C(O)(CCO)COc2cccc(C(F)(F)F)n2)c(C2CCNCC2)n1. The number of nitrogens with zero attached hydrogens (tertiary/aromatic N) is 3. The summed E-state index contributed by atoms with van der Waals surface area (Å²) < 4.78 is 44.2. The molecule has 2 aromatic rings. The molecule has 0 aliphatic carbocycles. The number of rotatable bonds is 7. The van der Waals surface area contributed by atoms with Gasteiger partial charge in [0.25, 0.3) is 0 Å². The van der Waals surface area contributed by atoms with Crippen LogP contribution in [0, 0.1) is 6.92 Å². The molecule has 3 rings (SSSR count). The van der Waals surface area contributed by atoms with Crippen molar-refractivity contribution in [2.24, 2.45) is 0 Å². The van der Waals surface area contributed by atoms with E-state index >= 15 is 0 Å². The topological polar surface area (TPSA) is 100 Å². The van der Waals surface area contributed by atoms with Crippen molar-refractivity contribution < 1.29 is 28.1 Å². The highest BCUT2D eigenvalue weighted by Gasteiger charge is 2.37. The van der Waals surface area contributed by atoms with Crippen LogP contribution in [-0.4, -0.2) is 51.5 Å². The quantitative estimate of drug-likeness (QED) is 0.625. The molecule has 1 saturated heterocycles. The fourth-order valence-corrected chi connectivity index (χ4v) is 3.57. The van der Waals surface area contributed by atoms with Crippen LogP contribution in [0.1, 0.15) is 48.0 Å². The number of aliphatic hydroxyl groups is 2. The Kier molecular flexibility index (Phi) is 6.89. The Morgan fingerprint density at radius 2 is 1.93 bits per heavy atom. The minimum atomic E-state index is -4.60. The van der Waals surface area contributed by atoms with Gasteiger partial charge in [0.05, 0.1) is 5.69 Å². The number of hydrogen-bond acceptors (Lipinski definition) is 7. The second-order valence-electron chi connectivity index (χ2n) is 7.39. The molecule has 7 nitrogen and oxygen atoms in total. The van der Waals surface area contributed by atoms with E-state index < -0.39 is 24.1 Å². The van der Waals surface area contributed by atoms with Crippen LogP contribution in [0.15, 0.2) is 24.4 Å². The van der Waals surface area contributed by atoms with Gasteiger partial charge in [0.15, 0.2) is 0 Å². The Balaban J connectivity index is 1.89. The standard InChI is InChI=1S/C20H25F3N4O3/c1-13-25-11-15(18(26-13)14-5-8-24-9-6-14)19(29,7-10-28)12-30-17-4-2-3-16(27-17)20(21,22)23/h2-4,11,14,24,28-29H,5-10,12H2,1H3. The molecule has 1 atom stereocenters. The van der Waals surface area contributed by atoms with Crippen LogP contribution < -0.4 is 10.1 Å². The number of alkyl halides is 3. The molecule has 30 heavy (non-hydrogen) atoms. The van der Waals surface area contributed by atoms with Crippen molar-refractivity contribution >= 4 is 0 Å². The monoisotopic (exact) mass is 426 g/mol. The summed E-state index contributed by atoms with van der Waals surface area (Å²) in [6.07, 6.45) is -1.52. The Bertz CT molecular complexity index is 859. The van der Waals surface area contributed by atoms with Crippen molar-refractivity contribution in [2.75, 3.05) is 26.3 Å². The van der Waals surface area contributed by atoms with Crippen LogP contribution in [0.25, 0.3) is 0 Å². The summed E-state index contributed by atoms with van der Waals surface area (Å²) in [5.74, 6) is 0.386. The Morgan fingerprint density at radius 1 is 1.20 bits per heavy atom. The highest BCUT2D eigenvalue weighted by atomic mass is 19.4. The second kappa shape index (κ2) is 9.23. The van der Waals surface area contributed by atoms with E-state index in [2.05, 4.69) is 20.3 Å². The van der Waals surface area contributed by atoms with Crippen molar-refractivity contribution in [3.05, 3.63) is 47.2 Å². The van der Waals surface area contributed by atoms with Gasteiger partial charge in [-0.1, -0.05) is 6.07 Å². The molecule has 3 N–H and O–H groups in total. The van der Waals surface area contributed by atoms with Crippen LogP contribution in [-0.2, 0) is 11.8 Å². The van der Waals surface area contributed by atoms with Crippen molar-refractivity contribution in [3.63, 3.8) is 0 Å². The first-order valence-electron chi connectivity index (χ1n) is 9.78. The predicted molar refractivity (Wildman–Crippen MR) is 102 cm³/mol. The average molecular weight is 426 g/mol. The van der Waals surface area contributed by atoms with Crippen LogP contribution in [0.5, 0.6) is 5.88 Å². The van der Waals surface area contributed by atoms with Crippen LogP contribution in [0.2, 0.25) is 0 Å². The van der Waals surface area contributed by atoms with Crippen LogP contribution in [0.3, 0.4) is 0 Å². The zero-order chi connectivity index (χ0) is 21.8. The molecular formula is C20H25F3N4O3. The number of piperidine rings is 1. The van der Waals surface area contributed by atoms with E-state index in [0.717, 1.165) is 32.0 Å². The second-order valence-corrected chi connectivity index (χ2v) is 7.39. The molecule has 0 radical (unpaired) electrons. The van der Waals surface area contributed by atoms with E-state index in [1.165, 1.54) is 18.3 Å². The van der Waals surface area contributed by atoms with Gasteiger partial charge >= 0.3 is 6.18 Å². The van der Waals surface area contributed by atoms with Crippen LogP contribution in [0.4, 0.5) is 13.2 Å². The van der Waals surface area contributed by atoms with Gasteiger partial charge in [-0.2, -0.15) is 13.2 Å². The van der Waals surface area contributed by atoms with E-state index in [1.54, 1.807) is 6.92 Å². The molecule has 1 aliphatic rings. The number of pyridine rings is 1. The average Bonchev–Trinajstić information content (AvgIpc) is 2.73. The summed E-state index contributed by atoms with van der Waals surface area (Å²) in [5, 5.41) is 24.2. The summed E-state index contributed by atoms with van der Waals surface area (Å²) in [4.78, 5) is 12.2. The maximum atomic E-state index is 12.9. The van der Waals surface area contributed by atoms with E-state index in [4.69, 9.17) is 4.74 Å². The first-order chi connectivity index (χ1) is 14.2. The molecule has 0 aromatic carbocycles. The van der Waals surface area contributed by atoms with Gasteiger partial charge in [0.1, 0.15) is 23.7 Å². The number of aliphatic hydroxyl groups excluding tert-OH is 1. The lowest BCUT2D eigenvalue weighted by Crippen LogP contribution is -2.37. The fourth-order valence-electron chi connectivity index (χ4n) is 3.57. The first kappa shape index (κ1) is 22.4. The predicted octanol–water partition coefficient (Wildman–Crippen LogP) is 2.31. The zero-order valence-electron chi connectivity index (χ0n) is 16.6. The number of hydrogen-bond donors (Lipinski definition) is 3. The molecule has 3 heterocycles. The highest BCUT2D eigenvalue weighted by Crippen LogP contribution is 2.35. The molecule has 1 aliphatic heterocycles. The van der Waals surface area contributed by atoms with Gasteiger partial charge in [-0.05, 0) is 38.9 Å². The van der Waals surface area contributed by atoms with Gasteiger partial charge in [0, 0.05) is 36.8 Å². The number of halogens is 3. The van der Waals surface area contributed by atoms with Gasteiger partial charge in [-0.3, -0.25) is 0 Å². The molecular weight excluding hydrogens is 401 g/mol. The lowest BCUT2D eigenvalue weighted by atomic mass is 9.84. The smallest absolute Gasteiger partial charge is 0.433 e. The number of nitrogens with one attached hydrogen (secondary N) is 1. The minimum Gasteiger partial charge on any atom is -0.474 e. The third-order valence-corrected chi connectivity index (χ3v) is 5.16. The molecule has 0 bridgehead atoms. The van der Waals surface area contributed by atoms with Gasteiger partial charge in [0.2, 0.25) is 5.88 Å². The minimum absolute atomic E-state index is 0.0870. The number of aryl methyl sites for hydroxylation is 1. The molecule has 1 unspecified atom stereocenters. The summed E-state index contributed by atoms with van der Waals surface area (Å²) >= 11 is 0. The summed E-state index contributed by atoms with van der Waals surface area (Å²) in [6.45, 7) is 2.64. The maximum absolute atomic E-state index is 12.9. The molecule has 164 valence electrons. The Hall–Kier alpha value is -2.30. The molecule has 10 heteroatoms. The molecule has 0 saturated carbocycles. The highest BCUT2D eigenvalue weighted by molar-refractivity contribution is 5.29. The number of ether oxygens (including phenoxy) is 1. The van der Waals surface area contributed by atoms with E-state index in [9.17, 15) is 23.4 Å². The van der Waals surface area contributed by atoms with Gasteiger partial charge in [-0.15, -0.1) is 0 Å². The van der Waals surface area contributed by atoms with Crippen molar-refractivity contribution in [2.45, 2.75) is 43.9 Å². The van der Waals surface area contributed by atoms with E-state index in [0.29, 0.717) is 17.1 Å². The summed E-state index contributed by atoms with van der Waals surface area (Å²) in [7, 11) is 0. The lowest BCUT2D eigenvalue weighted by Gasteiger charge is -2.32. The largest absolute Gasteiger partial charge is 0.474 e. The Morgan fingerprint density at radius 3 is 2.60 bits per heavy atom. The fraction of sp³-hybridized carbons (Fsp3) is 0.550. The van der Waals surface area contributed by atoms with Crippen LogP contribution >= 0.6 is 0 Å². The summed E-state index contributed by atoms with van der Waals surface area (Å²) in [5.41, 5.74) is -1.67. The normalized spacial score (nSPS) is 17.5. The van der Waals surface area contributed by atoms with Gasteiger partial charge < -0.3 is 20.3 Å². The molecule has 0 spiro atoms. The summed E-state index contributed by atoms with van der Waals surface area (Å²) in [6, 6.07) is 3.31. The van der Waals surface area contributed by atoms with E-state index in [-0.39, 0.29) is 24.8 Å². The van der Waals surface area contributed by atoms with Crippen molar-refractivity contribution in [1.29, 1.82) is 0 Å². The Labute approximate surface area is 172 Å². The van der Waals surface area contributed by atoms with E-state index in [1.807, 2.05) is 0 Å². The van der Waals surface area contributed by atoms with Crippen molar-refractivity contribution in [1.82, 2.24) is 20.3 Å². The molecule has 1 fully saturated rings. The molecule has 2 aromatic heterocycles. The van der Waals surface area contributed by atoms with Gasteiger partial charge in [-0.25, -0.2) is 15.0 Å².